The van der Waals surface area contributed by atoms with Crippen molar-refractivity contribution < 1.29 is 9.59 Å². The molecule has 0 unspecified atom stereocenters. The van der Waals surface area contributed by atoms with Gasteiger partial charge in [0.25, 0.3) is 5.56 Å². The number of nitrogens with zero attached hydrogens (tertiary/aromatic N) is 3. The number of carbonyl (C=O) groups excluding carboxylic acids is 2. The Morgan fingerprint density at radius 1 is 1.33 bits per heavy atom. The molecular weight excluding hydrogens is 310 g/mol. The maximum absolute atomic E-state index is 12.3. The van der Waals surface area contributed by atoms with Crippen LogP contribution in [-0.2, 0) is 16.0 Å². The number of hydrogen-bond donors (Lipinski definition) is 2. The largest absolute Gasteiger partial charge is 0.353 e. The highest BCUT2D eigenvalue weighted by Gasteiger charge is 2.23. The molecule has 1 aliphatic heterocycles. The highest BCUT2D eigenvalue weighted by molar-refractivity contribution is 5.86. The number of aromatic amines is 1. The second kappa shape index (κ2) is 6.61. The molecule has 1 aliphatic rings. The molecule has 124 valence electrons. The number of carbonyl (C=O) groups is 2. The van der Waals surface area contributed by atoms with Crippen molar-refractivity contribution in [2.24, 2.45) is 0 Å². The third-order valence-corrected chi connectivity index (χ3v) is 3.85. The van der Waals surface area contributed by atoms with Crippen LogP contribution >= 0.6 is 0 Å². The lowest BCUT2D eigenvalue weighted by atomic mass is 10.1. The quantitative estimate of drug-likeness (QED) is 0.800. The molecule has 3 rings (SSSR count). The summed E-state index contributed by atoms with van der Waals surface area (Å²) in [5, 5.41) is 2.66. The molecule has 3 heterocycles. The van der Waals surface area contributed by atoms with E-state index in [2.05, 4.69) is 20.3 Å². The molecule has 1 fully saturated rings. The number of amides is 2. The molecular formula is C16H17N5O3. The highest BCUT2D eigenvalue weighted by Crippen LogP contribution is 2.11. The van der Waals surface area contributed by atoms with Crippen molar-refractivity contribution in [3.8, 4) is 11.5 Å². The Morgan fingerprint density at radius 2 is 2.17 bits per heavy atom. The molecule has 8 nitrogen and oxygen atoms in total. The first-order chi connectivity index (χ1) is 11.5. The number of H-pyrrole nitrogens is 1. The monoisotopic (exact) mass is 327 g/mol. The second-order valence-corrected chi connectivity index (χ2v) is 5.54. The molecule has 0 aliphatic carbocycles. The third-order valence-electron chi connectivity index (χ3n) is 3.85. The normalized spacial score (nSPS) is 14.4. The molecule has 2 amide bonds. The van der Waals surface area contributed by atoms with Crippen LogP contribution in [0.4, 0.5) is 0 Å². The van der Waals surface area contributed by atoms with Gasteiger partial charge in [-0.1, -0.05) is 6.07 Å². The van der Waals surface area contributed by atoms with Crippen molar-refractivity contribution in [1.29, 1.82) is 0 Å². The van der Waals surface area contributed by atoms with Crippen molar-refractivity contribution in [1.82, 2.24) is 25.2 Å². The van der Waals surface area contributed by atoms with Gasteiger partial charge in [0.15, 0.2) is 5.82 Å². The molecule has 2 aromatic heterocycles. The highest BCUT2D eigenvalue weighted by atomic mass is 16.2. The van der Waals surface area contributed by atoms with Gasteiger partial charge in [0, 0.05) is 30.5 Å². The van der Waals surface area contributed by atoms with Crippen molar-refractivity contribution in [3.05, 3.63) is 46.0 Å². The zero-order chi connectivity index (χ0) is 17.1. The van der Waals surface area contributed by atoms with Crippen LogP contribution in [0.2, 0.25) is 0 Å². The van der Waals surface area contributed by atoms with Crippen LogP contribution in [0.3, 0.4) is 0 Å². The fraction of sp³-hybridized carbons (Fsp3) is 0.312. The summed E-state index contributed by atoms with van der Waals surface area (Å²) in [5.74, 6) is -0.0821. The van der Waals surface area contributed by atoms with Gasteiger partial charge >= 0.3 is 0 Å². The summed E-state index contributed by atoms with van der Waals surface area (Å²) in [5.41, 5.74) is 0.987. The van der Waals surface area contributed by atoms with E-state index in [0.29, 0.717) is 35.9 Å². The molecule has 24 heavy (non-hydrogen) atoms. The Labute approximate surface area is 137 Å². The molecule has 2 N–H and O–H groups in total. The summed E-state index contributed by atoms with van der Waals surface area (Å²) in [6.45, 7) is 2.58. The predicted octanol–water partition coefficient (Wildman–Crippen LogP) is -0.359. The Kier molecular flexibility index (Phi) is 4.37. The van der Waals surface area contributed by atoms with Crippen molar-refractivity contribution >= 4 is 11.8 Å². The molecule has 0 bridgehead atoms. The van der Waals surface area contributed by atoms with Crippen LogP contribution < -0.4 is 10.9 Å². The summed E-state index contributed by atoms with van der Waals surface area (Å²) in [7, 11) is 0. The maximum atomic E-state index is 12.3. The smallest absolute Gasteiger partial charge is 0.255 e. The maximum Gasteiger partial charge on any atom is 0.255 e. The Balaban J connectivity index is 1.83. The summed E-state index contributed by atoms with van der Waals surface area (Å²) in [4.78, 5) is 48.7. The first-order valence-electron chi connectivity index (χ1n) is 7.60. The predicted molar refractivity (Wildman–Crippen MR) is 86.1 cm³/mol. The average Bonchev–Trinajstić information content (AvgIpc) is 2.58. The lowest BCUT2D eigenvalue weighted by Crippen LogP contribution is -2.50. The molecule has 8 heteroatoms. The number of aryl methyl sites for hydroxylation is 1. The average molecular weight is 327 g/mol. The summed E-state index contributed by atoms with van der Waals surface area (Å²) in [6, 6.07) is 5.32. The van der Waals surface area contributed by atoms with E-state index >= 15 is 0 Å². The van der Waals surface area contributed by atoms with Crippen LogP contribution in [0.25, 0.3) is 11.5 Å². The van der Waals surface area contributed by atoms with Gasteiger partial charge in [0.05, 0.1) is 13.0 Å². The zero-order valence-corrected chi connectivity index (χ0v) is 13.2. The van der Waals surface area contributed by atoms with Gasteiger partial charge in [-0.15, -0.1) is 0 Å². The molecule has 0 aromatic carbocycles. The minimum Gasteiger partial charge on any atom is -0.353 e. The van der Waals surface area contributed by atoms with Crippen LogP contribution in [-0.4, -0.2) is 51.3 Å². The van der Waals surface area contributed by atoms with E-state index in [0.717, 1.165) is 0 Å². The van der Waals surface area contributed by atoms with E-state index in [1.54, 1.807) is 31.3 Å². The lowest BCUT2D eigenvalue weighted by molar-refractivity contribution is -0.137. The SMILES string of the molecule is Cc1nc(-c2ccccn2)[nH]c(=O)c1CC(=O)N1CCNC(=O)C1. The molecule has 0 atom stereocenters. The van der Waals surface area contributed by atoms with E-state index in [1.165, 1.54) is 4.90 Å². The number of piperazine rings is 1. The van der Waals surface area contributed by atoms with Gasteiger partial charge < -0.3 is 15.2 Å². The number of pyridine rings is 1. The standard InChI is InChI=1S/C16H17N5O3/c1-10-11(8-14(23)21-7-6-18-13(22)9-21)16(24)20-15(19-10)12-4-2-3-5-17-12/h2-5H,6-9H2,1H3,(H,18,22)(H,19,20,24). The van der Waals surface area contributed by atoms with E-state index in [9.17, 15) is 14.4 Å². The van der Waals surface area contributed by atoms with Crippen molar-refractivity contribution in [2.75, 3.05) is 19.6 Å². The first kappa shape index (κ1) is 15.9. The van der Waals surface area contributed by atoms with Crippen LogP contribution in [0.15, 0.2) is 29.2 Å². The summed E-state index contributed by atoms with van der Waals surface area (Å²) >= 11 is 0. The molecule has 1 saturated heterocycles. The Bertz CT molecular complexity index is 831. The van der Waals surface area contributed by atoms with Crippen LogP contribution in [0.1, 0.15) is 11.3 Å². The fourth-order valence-electron chi connectivity index (χ4n) is 2.56. The third kappa shape index (κ3) is 3.32. The van der Waals surface area contributed by atoms with E-state index in [-0.39, 0.29) is 30.3 Å². The van der Waals surface area contributed by atoms with Gasteiger partial charge in [-0.3, -0.25) is 19.4 Å². The van der Waals surface area contributed by atoms with Crippen LogP contribution in [0.5, 0.6) is 0 Å². The van der Waals surface area contributed by atoms with E-state index < -0.39 is 0 Å². The van der Waals surface area contributed by atoms with Crippen molar-refractivity contribution in [2.45, 2.75) is 13.3 Å². The molecule has 0 radical (unpaired) electrons. The summed E-state index contributed by atoms with van der Waals surface area (Å²) < 4.78 is 0. The van der Waals surface area contributed by atoms with Gasteiger partial charge in [0.1, 0.15) is 5.69 Å². The Hall–Kier alpha value is -3.03. The lowest BCUT2D eigenvalue weighted by Gasteiger charge is -2.26. The minimum absolute atomic E-state index is 0.0230. The van der Waals surface area contributed by atoms with Gasteiger partial charge in [-0.25, -0.2) is 4.98 Å². The fourth-order valence-corrected chi connectivity index (χ4v) is 2.56. The molecule has 2 aromatic rings. The van der Waals surface area contributed by atoms with E-state index in [1.807, 2.05) is 0 Å². The zero-order valence-electron chi connectivity index (χ0n) is 13.2. The Morgan fingerprint density at radius 3 is 2.83 bits per heavy atom. The van der Waals surface area contributed by atoms with Crippen LogP contribution in [0, 0.1) is 6.92 Å². The number of hydrogen-bond acceptors (Lipinski definition) is 5. The number of aromatic nitrogens is 3. The van der Waals surface area contributed by atoms with E-state index in [4.69, 9.17) is 0 Å². The topological polar surface area (TPSA) is 108 Å². The van der Waals surface area contributed by atoms with Gasteiger partial charge in [-0.05, 0) is 19.1 Å². The number of nitrogens with one attached hydrogen (secondary N) is 2. The number of rotatable bonds is 3. The van der Waals surface area contributed by atoms with Gasteiger partial charge in [0.2, 0.25) is 11.8 Å². The first-order valence-corrected chi connectivity index (χ1v) is 7.60. The van der Waals surface area contributed by atoms with Gasteiger partial charge in [-0.2, -0.15) is 0 Å². The minimum atomic E-state index is -0.363. The summed E-state index contributed by atoms with van der Waals surface area (Å²) in [6.07, 6.45) is 1.54. The molecule has 0 spiro atoms. The second-order valence-electron chi connectivity index (χ2n) is 5.54. The van der Waals surface area contributed by atoms with Crippen molar-refractivity contribution in [3.63, 3.8) is 0 Å². The molecule has 0 saturated carbocycles.